The second-order valence-electron chi connectivity index (χ2n) is 7.42. The number of hydrogen-bond donors (Lipinski definition) is 1. The number of amides is 2. The molecule has 0 spiro atoms. The van der Waals surface area contributed by atoms with E-state index in [9.17, 15) is 14.9 Å². The number of para-hydroxylation sites is 2. The molecule has 1 aliphatic rings. The predicted octanol–water partition coefficient (Wildman–Crippen LogP) is 5.06. The first-order valence-corrected chi connectivity index (χ1v) is 11.1. The first-order valence-electron chi connectivity index (χ1n) is 10.2. The van der Waals surface area contributed by atoms with Crippen molar-refractivity contribution < 1.29 is 9.59 Å². The molecule has 158 valence electrons. The summed E-state index contributed by atoms with van der Waals surface area (Å²) in [5, 5.41) is 12.6. The number of nitriles is 1. The molecule has 0 saturated carbocycles. The normalized spacial score (nSPS) is 17.1. The van der Waals surface area contributed by atoms with Crippen LogP contribution in [-0.4, -0.2) is 17.1 Å². The highest BCUT2D eigenvalue weighted by molar-refractivity contribution is 8.05. The molecule has 1 unspecified atom stereocenters. The highest BCUT2D eigenvalue weighted by atomic mass is 32.2. The lowest BCUT2D eigenvalue weighted by molar-refractivity contribution is -0.117. The van der Waals surface area contributed by atoms with Crippen molar-refractivity contribution in [1.82, 2.24) is 0 Å². The lowest BCUT2D eigenvalue weighted by Gasteiger charge is -2.18. The van der Waals surface area contributed by atoms with E-state index >= 15 is 0 Å². The van der Waals surface area contributed by atoms with E-state index in [0.717, 1.165) is 11.1 Å². The van der Waals surface area contributed by atoms with Gasteiger partial charge in [-0.3, -0.25) is 14.5 Å². The number of benzene rings is 3. The first kappa shape index (κ1) is 21.4. The maximum absolute atomic E-state index is 13.4. The molecule has 4 rings (SSSR count). The number of aryl methyl sites for hydroxylation is 1. The molecule has 2 amide bonds. The molecule has 0 bridgehead atoms. The summed E-state index contributed by atoms with van der Waals surface area (Å²) in [4.78, 5) is 27.9. The molecule has 3 aromatic carbocycles. The summed E-state index contributed by atoms with van der Waals surface area (Å²) in [7, 11) is 0. The monoisotopic (exact) mass is 439 g/mol. The van der Waals surface area contributed by atoms with E-state index in [1.807, 2.05) is 61.5 Å². The summed E-state index contributed by atoms with van der Waals surface area (Å²) in [6.45, 7) is 2.02. The lowest BCUT2D eigenvalue weighted by atomic mass is 10.1. The summed E-state index contributed by atoms with van der Waals surface area (Å²) >= 11 is 1.26. The molecule has 0 aromatic heterocycles. The van der Waals surface area contributed by atoms with E-state index in [1.54, 1.807) is 36.4 Å². The minimum absolute atomic E-state index is 0.0811. The van der Waals surface area contributed by atoms with Gasteiger partial charge in [-0.1, -0.05) is 78.0 Å². The summed E-state index contributed by atoms with van der Waals surface area (Å²) < 4.78 is 0. The predicted molar refractivity (Wildman–Crippen MR) is 128 cm³/mol. The summed E-state index contributed by atoms with van der Waals surface area (Å²) in [6, 6.07) is 28.1. The van der Waals surface area contributed by atoms with Crippen molar-refractivity contribution in [3.63, 3.8) is 0 Å². The van der Waals surface area contributed by atoms with Crippen LogP contribution in [0.3, 0.4) is 0 Å². The number of nitrogens with one attached hydrogen (secondary N) is 1. The Balaban J connectivity index is 1.71. The maximum Gasteiger partial charge on any atom is 0.269 e. The molecule has 5 nitrogen and oxygen atoms in total. The van der Waals surface area contributed by atoms with Crippen molar-refractivity contribution in [2.75, 3.05) is 10.2 Å². The van der Waals surface area contributed by atoms with Crippen molar-refractivity contribution in [2.24, 2.45) is 0 Å². The summed E-state index contributed by atoms with van der Waals surface area (Å²) in [6.07, 6.45) is 0.510. The van der Waals surface area contributed by atoms with E-state index in [0.29, 0.717) is 22.8 Å². The molecule has 3 aromatic rings. The van der Waals surface area contributed by atoms with Gasteiger partial charge in [0, 0.05) is 11.4 Å². The van der Waals surface area contributed by atoms with Crippen LogP contribution in [0.25, 0.3) is 0 Å². The molecule has 1 atom stereocenters. The number of nitrogens with zero attached hydrogens (tertiary/aromatic N) is 2. The van der Waals surface area contributed by atoms with Crippen molar-refractivity contribution in [1.29, 1.82) is 5.26 Å². The van der Waals surface area contributed by atoms with Crippen LogP contribution in [0.5, 0.6) is 0 Å². The van der Waals surface area contributed by atoms with Gasteiger partial charge in [-0.05, 0) is 43.2 Å². The van der Waals surface area contributed by atoms with Crippen molar-refractivity contribution in [3.05, 3.63) is 107 Å². The molecule has 32 heavy (non-hydrogen) atoms. The SMILES string of the molecule is Cc1ccc(CC2S/C(=C(\C#N)C(=O)Nc3ccccc3)N(c3ccccc3)C2=O)cc1. The Morgan fingerprint density at radius 1 is 1.00 bits per heavy atom. The number of hydrogen-bond acceptors (Lipinski definition) is 4. The fourth-order valence-electron chi connectivity index (χ4n) is 3.45. The van der Waals surface area contributed by atoms with Gasteiger partial charge in [0.1, 0.15) is 16.7 Å². The largest absolute Gasteiger partial charge is 0.321 e. The molecule has 1 aliphatic heterocycles. The Bertz CT molecular complexity index is 1200. The minimum Gasteiger partial charge on any atom is -0.321 e. The van der Waals surface area contributed by atoms with Gasteiger partial charge in [0.25, 0.3) is 5.91 Å². The van der Waals surface area contributed by atoms with E-state index < -0.39 is 11.2 Å². The molecule has 1 saturated heterocycles. The number of carbonyl (C=O) groups is 2. The quantitative estimate of drug-likeness (QED) is 0.445. The first-order chi connectivity index (χ1) is 15.6. The Morgan fingerprint density at radius 2 is 1.62 bits per heavy atom. The van der Waals surface area contributed by atoms with E-state index in [2.05, 4.69) is 5.32 Å². The Labute approximate surface area is 191 Å². The smallest absolute Gasteiger partial charge is 0.269 e. The van der Waals surface area contributed by atoms with Crippen LogP contribution in [0.15, 0.2) is 95.5 Å². The minimum atomic E-state index is -0.536. The van der Waals surface area contributed by atoms with Crippen molar-refractivity contribution in [3.8, 4) is 6.07 Å². The molecule has 0 radical (unpaired) electrons. The van der Waals surface area contributed by atoms with Crippen LogP contribution in [0.4, 0.5) is 11.4 Å². The van der Waals surface area contributed by atoms with Gasteiger partial charge in [0.2, 0.25) is 5.91 Å². The van der Waals surface area contributed by atoms with Crippen LogP contribution >= 0.6 is 11.8 Å². The van der Waals surface area contributed by atoms with Gasteiger partial charge < -0.3 is 5.32 Å². The van der Waals surface area contributed by atoms with Gasteiger partial charge in [0.05, 0.1) is 5.25 Å². The van der Waals surface area contributed by atoms with Crippen LogP contribution in [0.1, 0.15) is 11.1 Å². The zero-order valence-electron chi connectivity index (χ0n) is 17.5. The van der Waals surface area contributed by atoms with Crippen molar-refractivity contribution in [2.45, 2.75) is 18.6 Å². The fourth-order valence-corrected chi connectivity index (χ4v) is 4.76. The van der Waals surface area contributed by atoms with E-state index in [1.165, 1.54) is 16.7 Å². The van der Waals surface area contributed by atoms with Crippen LogP contribution in [0, 0.1) is 18.3 Å². The van der Waals surface area contributed by atoms with Gasteiger partial charge >= 0.3 is 0 Å². The highest BCUT2D eigenvalue weighted by Gasteiger charge is 2.40. The fraction of sp³-hybridized carbons (Fsp3) is 0.115. The lowest BCUT2D eigenvalue weighted by Crippen LogP contribution is -2.30. The number of carbonyl (C=O) groups excluding carboxylic acids is 2. The average Bonchev–Trinajstić information content (AvgIpc) is 3.12. The molecular weight excluding hydrogens is 418 g/mol. The zero-order chi connectivity index (χ0) is 22.5. The van der Waals surface area contributed by atoms with Crippen LogP contribution < -0.4 is 10.2 Å². The van der Waals surface area contributed by atoms with E-state index in [-0.39, 0.29) is 11.5 Å². The Morgan fingerprint density at radius 3 is 2.25 bits per heavy atom. The van der Waals surface area contributed by atoms with Gasteiger partial charge in [-0.2, -0.15) is 5.26 Å². The standard InChI is InChI=1S/C26H21N3O2S/c1-18-12-14-19(15-13-18)16-23-25(31)29(21-10-6-3-7-11-21)26(32-23)22(17-27)24(30)28-20-8-4-2-5-9-20/h2-15,23H,16H2,1H3,(H,28,30)/b26-22+. The Hall–Kier alpha value is -3.82. The number of anilines is 2. The second-order valence-corrected chi connectivity index (χ2v) is 8.61. The molecule has 1 heterocycles. The highest BCUT2D eigenvalue weighted by Crippen LogP contribution is 2.42. The molecule has 1 N–H and O–H groups in total. The van der Waals surface area contributed by atoms with Gasteiger partial charge in [-0.15, -0.1) is 0 Å². The van der Waals surface area contributed by atoms with Gasteiger partial charge in [0.15, 0.2) is 0 Å². The van der Waals surface area contributed by atoms with Crippen LogP contribution in [0.2, 0.25) is 0 Å². The van der Waals surface area contributed by atoms with Gasteiger partial charge in [-0.25, -0.2) is 0 Å². The number of thioether (sulfide) groups is 1. The summed E-state index contributed by atoms with van der Waals surface area (Å²) in [5.41, 5.74) is 3.31. The topological polar surface area (TPSA) is 73.2 Å². The molecule has 1 fully saturated rings. The molecule has 6 heteroatoms. The van der Waals surface area contributed by atoms with Crippen molar-refractivity contribution >= 4 is 35.0 Å². The average molecular weight is 440 g/mol. The Kier molecular flexibility index (Phi) is 6.39. The number of rotatable bonds is 5. The second kappa shape index (κ2) is 9.54. The summed E-state index contributed by atoms with van der Waals surface area (Å²) in [5.74, 6) is -0.678. The third kappa shape index (κ3) is 4.58. The molecular formula is C26H21N3O2S. The van der Waals surface area contributed by atoms with Crippen LogP contribution in [-0.2, 0) is 16.0 Å². The maximum atomic E-state index is 13.4. The zero-order valence-corrected chi connectivity index (χ0v) is 18.3. The van der Waals surface area contributed by atoms with E-state index in [4.69, 9.17) is 0 Å². The third-order valence-electron chi connectivity index (χ3n) is 5.09. The third-order valence-corrected chi connectivity index (χ3v) is 6.36. The molecule has 0 aliphatic carbocycles.